The van der Waals surface area contributed by atoms with Gasteiger partial charge in [-0.05, 0) is 54.4 Å². The van der Waals surface area contributed by atoms with E-state index in [2.05, 4.69) is 5.32 Å². The Balaban J connectivity index is 1.58. The summed E-state index contributed by atoms with van der Waals surface area (Å²) in [4.78, 5) is 29.7. The average molecular weight is 644 g/mol. The predicted molar refractivity (Wildman–Crippen MR) is 175 cm³/mol. The maximum absolute atomic E-state index is 14.5. The van der Waals surface area contributed by atoms with Crippen molar-refractivity contribution in [3.05, 3.63) is 114 Å². The molecule has 1 heterocycles. The molecule has 4 aromatic rings. The molecule has 0 saturated heterocycles. The van der Waals surface area contributed by atoms with Crippen molar-refractivity contribution in [2.24, 2.45) is 0 Å². The summed E-state index contributed by atoms with van der Waals surface area (Å²) in [7, 11) is -2.69. The van der Waals surface area contributed by atoms with Gasteiger partial charge in [-0.1, -0.05) is 60.7 Å². The van der Waals surface area contributed by atoms with Crippen molar-refractivity contribution in [1.29, 1.82) is 0 Å². The van der Waals surface area contributed by atoms with Crippen molar-refractivity contribution in [2.75, 3.05) is 37.7 Å². The van der Waals surface area contributed by atoms with Crippen LogP contribution in [0.3, 0.4) is 0 Å². The Bertz CT molecular complexity index is 1750. The summed E-state index contributed by atoms with van der Waals surface area (Å²) >= 11 is 0. The Morgan fingerprint density at radius 3 is 2.22 bits per heavy atom. The summed E-state index contributed by atoms with van der Waals surface area (Å²) in [5.41, 5.74) is 1.79. The summed E-state index contributed by atoms with van der Waals surface area (Å²) in [6.45, 7) is 2.30. The molecule has 0 radical (unpaired) electrons. The SMILES string of the molecule is CCNC(=O)[C@H](Cc1ccccc1)N(Cc1cccc(OC)c1)C(=O)CN(c1ccc2c(c1)OCCO2)S(=O)(=O)c1ccccc1. The lowest BCUT2D eigenvalue weighted by Gasteiger charge is -2.34. The normalized spacial score (nSPS) is 12.9. The van der Waals surface area contributed by atoms with Crippen LogP contribution in [0, 0.1) is 0 Å². The Labute approximate surface area is 269 Å². The van der Waals surface area contributed by atoms with Gasteiger partial charge in [-0.2, -0.15) is 0 Å². The van der Waals surface area contributed by atoms with Crippen LogP contribution in [0.2, 0.25) is 0 Å². The van der Waals surface area contributed by atoms with Gasteiger partial charge in [0.2, 0.25) is 11.8 Å². The quantitative estimate of drug-likeness (QED) is 0.229. The first-order valence-electron chi connectivity index (χ1n) is 15.0. The van der Waals surface area contributed by atoms with Crippen molar-refractivity contribution in [1.82, 2.24) is 10.2 Å². The van der Waals surface area contributed by atoms with Crippen LogP contribution in [0.5, 0.6) is 17.2 Å². The molecular formula is C35H37N3O7S. The number of carbonyl (C=O) groups excluding carboxylic acids is 2. The van der Waals surface area contributed by atoms with Crippen molar-refractivity contribution in [3.8, 4) is 17.2 Å². The predicted octanol–water partition coefficient (Wildman–Crippen LogP) is 4.44. The maximum atomic E-state index is 14.5. The van der Waals surface area contributed by atoms with Gasteiger partial charge in [-0.3, -0.25) is 13.9 Å². The lowest BCUT2D eigenvalue weighted by molar-refractivity contribution is -0.140. The fourth-order valence-electron chi connectivity index (χ4n) is 5.25. The van der Waals surface area contributed by atoms with E-state index in [1.54, 1.807) is 61.7 Å². The molecule has 0 aliphatic carbocycles. The number of amides is 2. The summed E-state index contributed by atoms with van der Waals surface area (Å²) < 4.78 is 46.2. The summed E-state index contributed by atoms with van der Waals surface area (Å²) in [6.07, 6.45) is 0.220. The van der Waals surface area contributed by atoms with E-state index in [9.17, 15) is 18.0 Å². The zero-order chi connectivity index (χ0) is 32.5. The number of nitrogens with one attached hydrogen (secondary N) is 1. The second kappa shape index (κ2) is 14.8. The second-order valence-corrected chi connectivity index (χ2v) is 12.5. The number of nitrogens with zero attached hydrogens (tertiary/aromatic N) is 2. The molecule has 2 amide bonds. The third-order valence-corrected chi connectivity index (χ3v) is 9.32. The first-order chi connectivity index (χ1) is 22.3. The van der Waals surface area contributed by atoms with E-state index in [4.69, 9.17) is 14.2 Å². The maximum Gasteiger partial charge on any atom is 0.264 e. The molecule has 4 aromatic carbocycles. The largest absolute Gasteiger partial charge is 0.497 e. The van der Waals surface area contributed by atoms with Gasteiger partial charge in [0.05, 0.1) is 17.7 Å². The van der Waals surface area contributed by atoms with Gasteiger partial charge in [0, 0.05) is 25.6 Å². The molecule has 1 aliphatic rings. The molecule has 0 unspecified atom stereocenters. The molecule has 0 bridgehead atoms. The van der Waals surface area contributed by atoms with Crippen LogP contribution in [-0.4, -0.2) is 64.6 Å². The molecule has 0 saturated carbocycles. The van der Waals surface area contributed by atoms with Crippen molar-refractivity contribution < 1.29 is 32.2 Å². The van der Waals surface area contributed by atoms with E-state index in [1.807, 2.05) is 43.3 Å². The minimum absolute atomic E-state index is 0.0154. The Morgan fingerprint density at radius 2 is 1.52 bits per heavy atom. The molecule has 0 aromatic heterocycles. The third kappa shape index (κ3) is 7.60. The van der Waals surface area contributed by atoms with Gasteiger partial charge < -0.3 is 24.4 Å². The van der Waals surface area contributed by atoms with E-state index >= 15 is 0 Å². The highest BCUT2D eigenvalue weighted by Crippen LogP contribution is 2.36. The fourth-order valence-corrected chi connectivity index (χ4v) is 6.68. The van der Waals surface area contributed by atoms with Crippen LogP contribution in [0.25, 0.3) is 0 Å². The third-order valence-electron chi connectivity index (χ3n) is 7.53. The lowest BCUT2D eigenvalue weighted by Crippen LogP contribution is -2.53. The highest BCUT2D eigenvalue weighted by atomic mass is 32.2. The minimum Gasteiger partial charge on any atom is -0.497 e. The van der Waals surface area contributed by atoms with Crippen LogP contribution in [0.1, 0.15) is 18.1 Å². The Hall–Kier alpha value is -5.03. The van der Waals surface area contributed by atoms with E-state index in [-0.39, 0.29) is 29.5 Å². The van der Waals surface area contributed by atoms with Crippen molar-refractivity contribution >= 4 is 27.5 Å². The number of methoxy groups -OCH3 is 1. The molecule has 0 spiro atoms. The highest BCUT2D eigenvalue weighted by Gasteiger charge is 2.35. The topological polar surface area (TPSA) is 114 Å². The molecule has 11 heteroatoms. The minimum atomic E-state index is -4.24. The summed E-state index contributed by atoms with van der Waals surface area (Å²) in [5, 5.41) is 2.87. The number of anilines is 1. The van der Waals surface area contributed by atoms with Gasteiger partial charge in [0.15, 0.2) is 11.5 Å². The molecule has 1 aliphatic heterocycles. The van der Waals surface area contributed by atoms with E-state index < -0.39 is 28.5 Å². The number of ether oxygens (including phenoxy) is 3. The molecule has 5 rings (SSSR count). The van der Waals surface area contributed by atoms with E-state index in [0.717, 1.165) is 9.87 Å². The van der Waals surface area contributed by atoms with Crippen LogP contribution < -0.4 is 23.8 Å². The highest BCUT2D eigenvalue weighted by molar-refractivity contribution is 7.92. The number of carbonyl (C=O) groups is 2. The summed E-state index contributed by atoms with van der Waals surface area (Å²) in [6, 6.07) is 28.4. The fraction of sp³-hybridized carbons (Fsp3) is 0.257. The number of rotatable bonds is 13. The number of sulfonamides is 1. The standard InChI is InChI=1S/C35H37N3O7S/c1-3-36-35(40)31(22-26-11-6-4-7-12-26)37(24-27-13-10-14-29(21-27)43-2)34(39)25-38(46(41,42)30-15-8-5-9-16-30)28-17-18-32-33(23-28)45-20-19-44-32/h4-18,21,23,31H,3,19-20,22,24-25H2,1-2H3,(H,36,40)/t31-/m0/s1. The van der Waals surface area contributed by atoms with Crippen LogP contribution >= 0.6 is 0 Å². The Kier molecular flexibility index (Phi) is 10.4. The van der Waals surface area contributed by atoms with E-state index in [1.165, 1.54) is 17.0 Å². The molecular weight excluding hydrogens is 606 g/mol. The monoisotopic (exact) mass is 643 g/mol. The number of benzene rings is 4. The first-order valence-corrected chi connectivity index (χ1v) is 16.5. The van der Waals surface area contributed by atoms with Crippen LogP contribution in [-0.2, 0) is 32.6 Å². The second-order valence-electron chi connectivity index (χ2n) is 10.6. The van der Waals surface area contributed by atoms with Gasteiger partial charge in [-0.25, -0.2) is 8.42 Å². The Morgan fingerprint density at radius 1 is 0.848 bits per heavy atom. The van der Waals surface area contributed by atoms with Gasteiger partial charge in [0.25, 0.3) is 10.0 Å². The molecule has 46 heavy (non-hydrogen) atoms. The number of hydrogen-bond donors (Lipinski definition) is 1. The van der Waals surface area contributed by atoms with Gasteiger partial charge >= 0.3 is 0 Å². The smallest absolute Gasteiger partial charge is 0.264 e. The van der Waals surface area contributed by atoms with Gasteiger partial charge in [-0.15, -0.1) is 0 Å². The zero-order valence-corrected chi connectivity index (χ0v) is 26.6. The summed E-state index contributed by atoms with van der Waals surface area (Å²) in [5.74, 6) is 0.537. The molecule has 1 N–H and O–H groups in total. The number of fused-ring (bicyclic) bond motifs is 1. The zero-order valence-electron chi connectivity index (χ0n) is 25.8. The van der Waals surface area contributed by atoms with Gasteiger partial charge in [0.1, 0.15) is 31.5 Å². The average Bonchev–Trinajstić information content (AvgIpc) is 3.09. The first kappa shape index (κ1) is 32.4. The van der Waals surface area contributed by atoms with Crippen LogP contribution in [0.15, 0.2) is 108 Å². The lowest BCUT2D eigenvalue weighted by atomic mass is 10.0. The van der Waals surface area contributed by atoms with E-state index in [0.29, 0.717) is 42.6 Å². The molecule has 10 nitrogen and oxygen atoms in total. The van der Waals surface area contributed by atoms with Crippen LogP contribution in [0.4, 0.5) is 5.69 Å². The molecule has 1 atom stereocenters. The molecule has 240 valence electrons. The number of hydrogen-bond acceptors (Lipinski definition) is 7. The van der Waals surface area contributed by atoms with Crippen molar-refractivity contribution in [3.63, 3.8) is 0 Å². The molecule has 0 fully saturated rings. The number of likely N-dealkylation sites (N-methyl/N-ethyl adjacent to an activating group) is 1. The van der Waals surface area contributed by atoms with Crippen molar-refractivity contribution in [2.45, 2.75) is 30.8 Å².